The molecule has 1 aliphatic carbocycles. The second-order valence-corrected chi connectivity index (χ2v) is 12.2. The molecule has 0 radical (unpaired) electrons. The number of amides is 3. The molecular formula is C32H40N4O3S. The fraction of sp³-hybridized carbons (Fsp3) is 0.469. The monoisotopic (exact) mass is 560 g/mol. The highest BCUT2D eigenvalue weighted by Gasteiger charge is 2.42. The summed E-state index contributed by atoms with van der Waals surface area (Å²) in [5.74, 6) is -0.681. The largest absolute Gasteiger partial charge is 0.354 e. The van der Waals surface area contributed by atoms with Crippen molar-refractivity contribution in [2.45, 2.75) is 69.4 Å². The van der Waals surface area contributed by atoms with E-state index in [9.17, 15) is 14.4 Å². The Bertz CT molecular complexity index is 1260. The third kappa shape index (κ3) is 7.09. The predicted molar refractivity (Wildman–Crippen MR) is 160 cm³/mol. The molecule has 212 valence electrons. The zero-order chi connectivity index (χ0) is 27.8. The standard InChI is InChI=1S/C32H40N4O3S/c37-29(33-18-11-21-36-19-9-10-20-36)26(22-24-12-3-1-4-13-24)34-31(39)32(16-7-2-8-17-32)35-30(38)28-23-25-14-5-6-15-27(25)40-28/h1,3-6,12-15,23,26H,2,7-11,16-22H2,(H,33,37)(H,34,39)(H,35,38)/t26-/m1/s1. The summed E-state index contributed by atoms with van der Waals surface area (Å²) in [4.78, 5) is 43.8. The molecule has 40 heavy (non-hydrogen) atoms. The van der Waals surface area contributed by atoms with Crippen LogP contribution in [-0.4, -0.2) is 60.4 Å². The van der Waals surface area contributed by atoms with Gasteiger partial charge in [-0.25, -0.2) is 0 Å². The van der Waals surface area contributed by atoms with E-state index in [0.29, 0.717) is 30.7 Å². The summed E-state index contributed by atoms with van der Waals surface area (Å²) in [6.45, 7) is 3.82. The number of nitrogens with zero attached hydrogens (tertiary/aromatic N) is 1. The van der Waals surface area contributed by atoms with Crippen LogP contribution < -0.4 is 16.0 Å². The van der Waals surface area contributed by atoms with Crippen LogP contribution in [0.2, 0.25) is 0 Å². The number of rotatable bonds is 11. The van der Waals surface area contributed by atoms with Crippen LogP contribution in [0.1, 0.15) is 66.6 Å². The fourth-order valence-corrected chi connectivity index (χ4v) is 6.89. The molecule has 1 saturated carbocycles. The highest BCUT2D eigenvalue weighted by molar-refractivity contribution is 7.20. The molecule has 0 bridgehead atoms. The van der Waals surface area contributed by atoms with E-state index in [-0.39, 0.29) is 17.7 Å². The minimum atomic E-state index is -1.03. The number of carbonyl (C=O) groups is 3. The Labute approximate surface area is 240 Å². The van der Waals surface area contributed by atoms with Crippen molar-refractivity contribution in [1.82, 2.24) is 20.9 Å². The first-order valence-electron chi connectivity index (χ1n) is 14.7. The van der Waals surface area contributed by atoms with E-state index >= 15 is 0 Å². The van der Waals surface area contributed by atoms with Gasteiger partial charge in [0.1, 0.15) is 11.6 Å². The minimum Gasteiger partial charge on any atom is -0.354 e. The third-order valence-corrected chi connectivity index (χ3v) is 9.31. The average molecular weight is 561 g/mol. The molecule has 7 nitrogen and oxygen atoms in total. The Morgan fingerprint density at radius 3 is 2.38 bits per heavy atom. The maximum atomic E-state index is 14.0. The summed E-state index contributed by atoms with van der Waals surface area (Å²) in [5, 5.41) is 10.3. The zero-order valence-corrected chi connectivity index (χ0v) is 23.9. The lowest BCUT2D eigenvalue weighted by Crippen LogP contribution is -2.63. The Morgan fingerprint density at radius 1 is 0.900 bits per heavy atom. The molecule has 3 aromatic rings. The first kappa shape index (κ1) is 28.3. The van der Waals surface area contributed by atoms with E-state index in [1.807, 2.05) is 60.7 Å². The lowest BCUT2D eigenvalue weighted by atomic mass is 9.80. The van der Waals surface area contributed by atoms with Gasteiger partial charge in [-0.3, -0.25) is 14.4 Å². The molecule has 1 atom stereocenters. The quantitative estimate of drug-likeness (QED) is 0.298. The Balaban J connectivity index is 1.28. The number of carbonyl (C=O) groups excluding carboxylic acids is 3. The molecule has 1 aliphatic heterocycles. The van der Waals surface area contributed by atoms with E-state index < -0.39 is 11.6 Å². The molecule has 2 aromatic carbocycles. The minimum absolute atomic E-state index is 0.180. The van der Waals surface area contributed by atoms with Crippen molar-refractivity contribution in [3.05, 3.63) is 71.1 Å². The normalized spacial score (nSPS) is 17.8. The maximum absolute atomic E-state index is 14.0. The molecule has 0 unspecified atom stereocenters. The van der Waals surface area contributed by atoms with Gasteiger partial charge in [0.05, 0.1) is 4.88 Å². The smallest absolute Gasteiger partial charge is 0.262 e. The van der Waals surface area contributed by atoms with Gasteiger partial charge in [0.2, 0.25) is 11.8 Å². The van der Waals surface area contributed by atoms with Gasteiger partial charge in [0.15, 0.2) is 0 Å². The topological polar surface area (TPSA) is 90.5 Å². The maximum Gasteiger partial charge on any atom is 0.262 e. The second-order valence-electron chi connectivity index (χ2n) is 11.2. The number of thiophene rings is 1. The van der Waals surface area contributed by atoms with Crippen molar-refractivity contribution in [3.8, 4) is 0 Å². The molecular weight excluding hydrogens is 520 g/mol. The number of hydrogen-bond acceptors (Lipinski definition) is 5. The van der Waals surface area contributed by atoms with Gasteiger partial charge >= 0.3 is 0 Å². The van der Waals surface area contributed by atoms with Crippen molar-refractivity contribution >= 4 is 39.1 Å². The first-order chi connectivity index (χ1) is 19.5. The van der Waals surface area contributed by atoms with E-state index in [2.05, 4.69) is 20.9 Å². The molecule has 1 saturated heterocycles. The van der Waals surface area contributed by atoms with Crippen LogP contribution in [0.25, 0.3) is 10.1 Å². The van der Waals surface area contributed by atoms with Gasteiger partial charge < -0.3 is 20.9 Å². The van der Waals surface area contributed by atoms with Crippen molar-refractivity contribution in [1.29, 1.82) is 0 Å². The van der Waals surface area contributed by atoms with Gasteiger partial charge in [0.25, 0.3) is 5.91 Å². The molecule has 2 aliphatic rings. The van der Waals surface area contributed by atoms with Crippen molar-refractivity contribution in [3.63, 3.8) is 0 Å². The van der Waals surface area contributed by atoms with Crippen molar-refractivity contribution in [2.24, 2.45) is 0 Å². The number of nitrogens with one attached hydrogen (secondary N) is 3. The predicted octanol–water partition coefficient (Wildman–Crippen LogP) is 4.66. The van der Waals surface area contributed by atoms with E-state index in [1.165, 1.54) is 24.2 Å². The Morgan fingerprint density at radius 2 is 1.62 bits per heavy atom. The van der Waals surface area contributed by atoms with Crippen LogP contribution in [0.15, 0.2) is 60.7 Å². The number of benzene rings is 2. The highest BCUT2D eigenvalue weighted by Crippen LogP contribution is 2.31. The van der Waals surface area contributed by atoms with Gasteiger partial charge in [-0.15, -0.1) is 11.3 Å². The Hall–Kier alpha value is -3.23. The van der Waals surface area contributed by atoms with Gasteiger partial charge in [-0.05, 0) is 74.8 Å². The van der Waals surface area contributed by atoms with E-state index in [1.54, 1.807) is 0 Å². The third-order valence-electron chi connectivity index (χ3n) is 8.20. The average Bonchev–Trinajstić information content (AvgIpc) is 3.66. The van der Waals surface area contributed by atoms with E-state index in [4.69, 9.17) is 0 Å². The van der Waals surface area contributed by atoms with Crippen molar-refractivity contribution < 1.29 is 14.4 Å². The van der Waals surface area contributed by atoms with Crippen LogP contribution in [0.3, 0.4) is 0 Å². The van der Waals surface area contributed by atoms with E-state index in [0.717, 1.165) is 61.0 Å². The molecule has 1 aromatic heterocycles. The molecule has 3 N–H and O–H groups in total. The summed E-state index contributed by atoms with van der Waals surface area (Å²) in [6.07, 6.45) is 7.63. The summed E-state index contributed by atoms with van der Waals surface area (Å²) in [6, 6.07) is 18.8. The summed E-state index contributed by atoms with van der Waals surface area (Å²) >= 11 is 1.43. The second kappa shape index (κ2) is 13.4. The number of fused-ring (bicyclic) bond motifs is 1. The van der Waals surface area contributed by atoms with Crippen molar-refractivity contribution in [2.75, 3.05) is 26.2 Å². The molecule has 0 spiro atoms. The highest BCUT2D eigenvalue weighted by atomic mass is 32.1. The summed E-state index contributed by atoms with van der Waals surface area (Å²) in [7, 11) is 0. The van der Waals surface area contributed by atoms with Gasteiger partial charge in [-0.1, -0.05) is 67.8 Å². The SMILES string of the molecule is O=C(NC1(C(=O)N[C@H](Cc2ccccc2)C(=O)NCCCN2CCCC2)CCCCC1)c1cc2ccccc2s1. The Kier molecular flexibility index (Phi) is 9.49. The van der Waals surface area contributed by atoms with Gasteiger partial charge in [0, 0.05) is 17.7 Å². The lowest BCUT2D eigenvalue weighted by molar-refractivity contribution is -0.133. The molecule has 5 rings (SSSR count). The molecule has 3 amide bonds. The summed E-state index contributed by atoms with van der Waals surface area (Å²) in [5.41, 5.74) is -0.0525. The number of likely N-dealkylation sites (tertiary alicyclic amines) is 1. The van der Waals surface area contributed by atoms with Gasteiger partial charge in [-0.2, -0.15) is 0 Å². The zero-order valence-electron chi connectivity index (χ0n) is 23.1. The van der Waals surface area contributed by atoms with Crippen LogP contribution in [-0.2, 0) is 16.0 Å². The van der Waals surface area contributed by atoms with Crippen LogP contribution in [0, 0.1) is 0 Å². The molecule has 2 heterocycles. The summed E-state index contributed by atoms with van der Waals surface area (Å²) < 4.78 is 1.04. The molecule has 8 heteroatoms. The van der Waals surface area contributed by atoms with Crippen LogP contribution >= 0.6 is 11.3 Å². The lowest BCUT2D eigenvalue weighted by Gasteiger charge is -2.37. The van der Waals surface area contributed by atoms with Crippen LogP contribution in [0.5, 0.6) is 0 Å². The molecule has 2 fully saturated rings. The van der Waals surface area contributed by atoms with Crippen LogP contribution in [0.4, 0.5) is 0 Å². The number of hydrogen-bond donors (Lipinski definition) is 3. The fourth-order valence-electron chi connectivity index (χ4n) is 5.94. The first-order valence-corrected chi connectivity index (χ1v) is 15.5.